The van der Waals surface area contributed by atoms with E-state index in [4.69, 9.17) is 28.4 Å². The maximum absolute atomic E-state index is 15.0. The van der Waals surface area contributed by atoms with Gasteiger partial charge < -0.3 is 33.5 Å². The molecule has 59 heavy (non-hydrogen) atoms. The van der Waals surface area contributed by atoms with Crippen molar-refractivity contribution in [3.63, 3.8) is 0 Å². The summed E-state index contributed by atoms with van der Waals surface area (Å²) in [5, 5.41) is 10.5. The van der Waals surface area contributed by atoms with E-state index in [1.54, 1.807) is 38.1 Å². The summed E-state index contributed by atoms with van der Waals surface area (Å²) in [6.07, 6.45) is 0.751. The Morgan fingerprint density at radius 3 is 1.39 bits per heavy atom. The molecule has 14 heteroatoms. The molecule has 10 rings (SSSR count). The van der Waals surface area contributed by atoms with Crippen molar-refractivity contribution in [2.45, 2.75) is 66.2 Å². The molecule has 0 aliphatic carbocycles. The largest absolute Gasteiger partial charge is 0.493 e. The third kappa shape index (κ3) is 7.27. The molecular formula is C45H46N2O12. The summed E-state index contributed by atoms with van der Waals surface area (Å²) in [5.74, 6) is -4.39. The van der Waals surface area contributed by atoms with E-state index in [0.29, 0.717) is 0 Å². The summed E-state index contributed by atoms with van der Waals surface area (Å²) in [6, 6.07) is 13.1. The van der Waals surface area contributed by atoms with Gasteiger partial charge in [0.2, 0.25) is 0 Å². The molecular weight excluding hydrogens is 760 g/mol. The molecule has 8 bridgehead atoms. The van der Waals surface area contributed by atoms with E-state index in [-0.39, 0.29) is 107 Å². The zero-order valence-electron chi connectivity index (χ0n) is 34.3. The zero-order chi connectivity index (χ0) is 42.6. The Bertz CT molecular complexity index is 2470. The van der Waals surface area contributed by atoms with Crippen molar-refractivity contribution in [2.24, 2.45) is 0 Å². The summed E-state index contributed by atoms with van der Waals surface area (Å²) in [5.41, 5.74) is 0.875. The minimum atomic E-state index is -0.919. The minimum Gasteiger partial charge on any atom is -0.493 e. The number of ether oxygens (including phenoxy) is 6. The molecule has 14 nitrogen and oxygen atoms in total. The van der Waals surface area contributed by atoms with Gasteiger partial charge in [0, 0.05) is 10.8 Å². The zero-order valence-corrected chi connectivity index (χ0v) is 34.3. The first-order valence-corrected chi connectivity index (χ1v) is 19.4. The second-order valence-electron chi connectivity index (χ2n) is 16.2. The van der Waals surface area contributed by atoms with Crippen LogP contribution in [0.1, 0.15) is 108 Å². The van der Waals surface area contributed by atoms with Crippen LogP contribution in [-0.2, 0) is 25.1 Å². The van der Waals surface area contributed by atoms with E-state index < -0.39 is 46.4 Å². The Morgan fingerprint density at radius 2 is 0.983 bits per heavy atom. The van der Waals surface area contributed by atoms with Gasteiger partial charge in [-0.2, -0.15) is 0 Å². The monoisotopic (exact) mass is 806 g/mol. The predicted octanol–water partition coefficient (Wildman–Crippen LogP) is 7.56. The van der Waals surface area contributed by atoms with Gasteiger partial charge in [-0.25, -0.2) is 14.6 Å². The van der Waals surface area contributed by atoms with Gasteiger partial charge in [0.25, 0.3) is 29.6 Å². The summed E-state index contributed by atoms with van der Waals surface area (Å²) in [6.45, 7) is 14.7. The standard InChI is InChI=1S/C45H46N2O12/c1-9-54-32-21-26-37-36-27-22-33(55-10-2)39(37)43(53)47(40(26)50)29-20-25(45(6,7)8)12-14-31(29)57-16-18-59-35(49)23-34(48)58-17-15-56-30-13-11-24(44(3,4)5)19-28(30)46(41(27)51)42(52)38(32)36/h11-14,19-23,48H,9-10,15-18H2,1-8H3/b34-23+. The van der Waals surface area contributed by atoms with Gasteiger partial charge in [-0.3, -0.25) is 19.2 Å². The van der Waals surface area contributed by atoms with Gasteiger partial charge >= 0.3 is 5.97 Å². The number of aliphatic hydroxyl groups excluding tert-OH is 1. The lowest BCUT2D eigenvalue weighted by atomic mass is 9.83. The second-order valence-corrected chi connectivity index (χ2v) is 16.2. The first kappa shape index (κ1) is 40.6. The molecule has 0 aromatic heterocycles. The van der Waals surface area contributed by atoms with Crippen LogP contribution in [0.3, 0.4) is 0 Å². The van der Waals surface area contributed by atoms with Crippen LogP contribution in [0.15, 0.2) is 60.6 Å². The van der Waals surface area contributed by atoms with Gasteiger partial charge in [-0.1, -0.05) is 53.7 Å². The lowest BCUT2D eigenvalue weighted by Crippen LogP contribution is -2.44. The summed E-state index contributed by atoms with van der Waals surface area (Å²) in [4.78, 5) is 74.5. The van der Waals surface area contributed by atoms with Crippen LogP contribution in [0.2, 0.25) is 0 Å². The van der Waals surface area contributed by atoms with Crippen LogP contribution in [-0.4, -0.2) is 74.3 Å². The smallest absolute Gasteiger partial charge is 0.338 e. The second kappa shape index (κ2) is 15.3. The van der Waals surface area contributed by atoms with Crippen LogP contribution >= 0.6 is 0 Å². The van der Waals surface area contributed by atoms with Crippen molar-refractivity contribution in [1.82, 2.24) is 0 Å². The number of esters is 1. The molecule has 4 aromatic rings. The van der Waals surface area contributed by atoms with Crippen LogP contribution in [0.25, 0.3) is 10.8 Å². The molecule has 1 N–H and O–H groups in total. The number of hydrogen-bond acceptors (Lipinski definition) is 12. The highest BCUT2D eigenvalue weighted by atomic mass is 16.6. The molecule has 0 atom stereocenters. The average Bonchev–Trinajstić information content (AvgIpc) is 3.16. The van der Waals surface area contributed by atoms with Crippen molar-refractivity contribution in [1.29, 1.82) is 0 Å². The van der Waals surface area contributed by atoms with Gasteiger partial charge in [-0.15, -0.1) is 0 Å². The van der Waals surface area contributed by atoms with Crippen molar-refractivity contribution in [3.05, 3.63) is 93.9 Å². The SMILES string of the molecule is CCOc1cc2c3c4c(OCC)cc5c3c1C(=O)N(C5=O)c1cc(C(C)(C)C)ccc1OCCOC(=O)/C=C(\O)OCCOc1ccc(C(C)(C)C)cc1N(C2=O)C4=O. The topological polar surface area (TPSA) is 167 Å². The molecule has 308 valence electrons. The van der Waals surface area contributed by atoms with Crippen LogP contribution in [0.5, 0.6) is 23.0 Å². The van der Waals surface area contributed by atoms with Crippen molar-refractivity contribution in [2.75, 3.05) is 49.4 Å². The Morgan fingerprint density at radius 1 is 0.576 bits per heavy atom. The highest BCUT2D eigenvalue weighted by Gasteiger charge is 2.46. The number of aliphatic hydroxyl groups is 1. The molecule has 0 unspecified atom stereocenters. The number of benzene rings is 4. The Balaban J connectivity index is 1.52. The van der Waals surface area contributed by atoms with Crippen molar-refractivity contribution >= 4 is 51.7 Å². The fourth-order valence-corrected chi connectivity index (χ4v) is 7.31. The normalized spacial score (nSPS) is 17.0. The molecule has 0 saturated heterocycles. The number of imide groups is 2. The van der Waals surface area contributed by atoms with E-state index in [2.05, 4.69) is 0 Å². The third-order valence-corrected chi connectivity index (χ3v) is 10.2. The quantitative estimate of drug-likeness (QED) is 0.159. The first-order valence-electron chi connectivity index (χ1n) is 19.4. The molecule has 6 aliphatic heterocycles. The molecule has 4 amide bonds. The van der Waals surface area contributed by atoms with E-state index >= 15 is 9.59 Å². The maximum atomic E-state index is 15.0. The summed E-state index contributed by atoms with van der Waals surface area (Å²) in [7, 11) is 0. The molecule has 6 heterocycles. The predicted molar refractivity (Wildman–Crippen MR) is 217 cm³/mol. The highest BCUT2D eigenvalue weighted by Crippen LogP contribution is 2.49. The summed E-state index contributed by atoms with van der Waals surface area (Å²) >= 11 is 0. The van der Waals surface area contributed by atoms with Gasteiger partial charge in [0.05, 0.1) is 46.8 Å². The van der Waals surface area contributed by atoms with Crippen LogP contribution in [0.4, 0.5) is 11.4 Å². The number of fused-ring (bicyclic) bond motifs is 2. The maximum Gasteiger partial charge on any atom is 0.338 e. The molecule has 0 spiro atoms. The van der Waals surface area contributed by atoms with E-state index in [1.165, 1.54) is 12.1 Å². The first-order chi connectivity index (χ1) is 28.0. The number of amides is 4. The number of carbonyl (C=O) groups excluding carboxylic acids is 5. The van der Waals surface area contributed by atoms with E-state index in [0.717, 1.165) is 27.0 Å². The lowest BCUT2D eigenvalue weighted by Gasteiger charge is -2.35. The Hall–Kier alpha value is -6.57. The highest BCUT2D eigenvalue weighted by molar-refractivity contribution is 6.43. The van der Waals surface area contributed by atoms with Gasteiger partial charge in [0.15, 0.2) is 0 Å². The number of rotatable bonds is 4. The lowest BCUT2D eigenvalue weighted by molar-refractivity contribution is -0.139. The molecule has 0 saturated carbocycles. The van der Waals surface area contributed by atoms with Gasteiger partial charge in [-0.05, 0) is 72.2 Å². The average molecular weight is 807 g/mol. The number of anilines is 2. The molecule has 6 aliphatic rings. The fourth-order valence-electron chi connectivity index (χ4n) is 7.31. The number of nitrogens with zero attached hydrogens (tertiary/aromatic N) is 2. The van der Waals surface area contributed by atoms with Crippen molar-refractivity contribution < 1.29 is 57.5 Å². The third-order valence-electron chi connectivity index (χ3n) is 10.2. The Labute approximate surface area is 341 Å². The number of carbonyl (C=O) groups is 5. The number of hydrogen-bond donors (Lipinski definition) is 1. The van der Waals surface area contributed by atoms with Crippen LogP contribution < -0.4 is 28.7 Å². The van der Waals surface area contributed by atoms with E-state index in [1.807, 2.05) is 53.7 Å². The summed E-state index contributed by atoms with van der Waals surface area (Å²) < 4.78 is 34.9. The van der Waals surface area contributed by atoms with Crippen molar-refractivity contribution in [3.8, 4) is 23.0 Å². The van der Waals surface area contributed by atoms with E-state index in [9.17, 15) is 19.5 Å². The Kier molecular flexibility index (Phi) is 10.5. The molecule has 0 fully saturated rings. The fraction of sp³-hybridized carbons (Fsp3) is 0.356. The molecule has 4 aromatic carbocycles. The minimum absolute atomic E-state index is 0.00318. The van der Waals surface area contributed by atoms with Gasteiger partial charge in [0.1, 0.15) is 55.5 Å². The van der Waals surface area contributed by atoms with Crippen LogP contribution in [0, 0.1) is 0 Å². The molecule has 0 radical (unpaired) electrons.